The van der Waals surface area contributed by atoms with Gasteiger partial charge in [-0.05, 0) is 35.4 Å². The molecule has 24 heavy (non-hydrogen) atoms. The summed E-state index contributed by atoms with van der Waals surface area (Å²) in [7, 11) is 0. The van der Waals surface area contributed by atoms with Crippen molar-refractivity contribution in [2.75, 3.05) is 5.75 Å². The van der Waals surface area contributed by atoms with Crippen LogP contribution in [0.25, 0.3) is 0 Å². The average molecular weight is 343 g/mol. The second-order valence-electron chi connectivity index (χ2n) is 4.97. The Morgan fingerprint density at radius 2 is 1.92 bits per heavy atom. The Morgan fingerprint density at radius 3 is 2.58 bits per heavy atom. The Labute approximate surface area is 142 Å². The van der Waals surface area contributed by atoms with E-state index in [0.717, 1.165) is 11.1 Å². The number of hydrogen-bond donors (Lipinski definition) is 1. The van der Waals surface area contributed by atoms with Crippen LogP contribution in [0, 0.1) is 5.82 Å². The molecule has 0 bridgehead atoms. The molecule has 0 radical (unpaired) electrons. The van der Waals surface area contributed by atoms with E-state index in [1.807, 2.05) is 24.3 Å². The molecule has 0 aliphatic carbocycles. The molecule has 1 aliphatic rings. The van der Waals surface area contributed by atoms with E-state index >= 15 is 0 Å². The smallest absolute Gasteiger partial charge is 0.236 e. The number of halogens is 1. The SMILES string of the molecule is O=C1CSC(=NN=Cc2ccc(COc3ccc(F)cc3)cc2)N1. The fourth-order valence-corrected chi connectivity index (χ4v) is 2.56. The standard InChI is InChI=1S/C17H14FN3O2S/c18-14-5-7-15(8-6-14)23-10-13-3-1-12(2-4-13)9-19-21-17-20-16(22)11-24-17/h1-9H,10-11H2,(H,20,21,22). The zero-order valence-electron chi connectivity index (χ0n) is 12.6. The second kappa shape index (κ2) is 7.74. The van der Waals surface area contributed by atoms with Gasteiger partial charge in [-0.3, -0.25) is 4.79 Å². The third-order valence-corrected chi connectivity index (χ3v) is 4.00. The highest BCUT2D eigenvalue weighted by atomic mass is 32.2. The minimum absolute atomic E-state index is 0.0561. The van der Waals surface area contributed by atoms with Crippen LogP contribution in [0.2, 0.25) is 0 Å². The van der Waals surface area contributed by atoms with Gasteiger partial charge in [-0.1, -0.05) is 36.0 Å². The third kappa shape index (κ3) is 4.66. The molecule has 1 heterocycles. The van der Waals surface area contributed by atoms with E-state index in [1.54, 1.807) is 18.3 Å². The van der Waals surface area contributed by atoms with Gasteiger partial charge in [0.1, 0.15) is 18.2 Å². The lowest BCUT2D eigenvalue weighted by Crippen LogP contribution is -2.19. The van der Waals surface area contributed by atoms with Crippen LogP contribution in [0.15, 0.2) is 58.7 Å². The number of carbonyl (C=O) groups is 1. The summed E-state index contributed by atoms with van der Waals surface area (Å²) >= 11 is 1.33. The largest absolute Gasteiger partial charge is 0.489 e. The van der Waals surface area contributed by atoms with E-state index in [2.05, 4.69) is 15.5 Å². The molecule has 5 nitrogen and oxygen atoms in total. The van der Waals surface area contributed by atoms with Gasteiger partial charge in [-0.2, -0.15) is 5.10 Å². The summed E-state index contributed by atoms with van der Waals surface area (Å²) in [5, 5.41) is 11.0. The number of amidine groups is 1. The number of benzene rings is 2. The van der Waals surface area contributed by atoms with Gasteiger partial charge in [0, 0.05) is 0 Å². The van der Waals surface area contributed by atoms with Gasteiger partial charge >= 0.3 is 0 Å². The molecule has 1 fully saturated rings. The van der Waals surface area contributed by atoms with E-state index < -0.39 is 0 Å². The molecule has 3 rings (SSSR count). The number of nitrogens with one attached hydrogen (secondary N) is 1. The lowest BCUT2D eigenvalue weighted by atomic mass is 10.1. The van der Waals surface area contributed by atoms with Crippen LogP contribution in [0.5, 0.6) is 5.75 Å². The first-order valence-electron chi connectivity index (χ1n) is 7.20. The molecular formula is C17H14FN3O2S. The van der Waals surface area contributed by atoms with E-state index in [9.17, 15) is 9.18 Å². The Balaban J connectivity index is 1.53. The molecule has 1 saturated heterocycles. The second-order valence-corrected chi connectivity index (χ2v) is 5.93. The van der Waals surface area contributed by atoms with Crippen molar-refractivity contribution in [2.24, 2.45) is 10.2 Å². The summed E-state index contributed by atoms with van der Waals surface area (Å²) in [6, 6.07) is 13.5. The summed E-state index contributed by atoms with van der Waals surface area (Å²) in [4.78, 5) is 11.0. The van der Waals surface area contributed by atoms with E-state index in [-0.39, 0.29) is 11.7 Å². The van der Waals surface area contributed by atoms with Gasteiger partial charge in [0.2, 0.25) is 5.91 Å². The van der Waals surface area contributed by atoms with Crippen molar-refractivity contribution >= 4 is 29.1 Å². The average Bonchev–Trinajstić information content (AvgIpc) is 3.01. The Hall–Kier alpha value is -2.67. The molecule has 1 aliphatic heterocycles. The topological polar surface area (TPSA) is 63.0 Å². The molecular weight excluding hydrogens is 329 g/mol. The van der Waals surface area contributed by atoms with Crippen molar-refractivity contribution in [1.29, 1.82) is 0 Å². The van der Waals surface area contributed by atoms with Crippen LogP contribution in [-0.4, -0.2) is 23.0 Å². The first-order valence-corrected chi connectivity index (χ1v) is 8.18. The molecule has 2 aromatic rings. The monoisotopic (exact) mass is 343 g/mol. The molecule has 1 amide bonds. The van der Waals surface area contributed by atoms with Crippen molar-refractivity contribution in [1.82, 2.24) is 5.32 Å². The van der Waals surface area contributed by atoms with Crippen molar-refractivity contribution in [3.05, 3.63) is 65.5 Å². The van der Waals surface area contributed by atoms with Crippen LogP contribution >= 0.6 is 11.8 Å². The third-order valence-electron chi connectivity index (χ3n) is 3.14. The van der Waals surface area contributed by atoms with E-state index in [0.29, 0.717) is 23.3 Å². The fraction of sp³-hybridized carbons (Fsp3) is 0.118. The van der Waals surface area contributed by atoms with Gasteiger partial charge in [0.15, 0.2) is 5.17 Å². The molecule has 0 atom stereocenters. The first-order chi connectivity index (χ1) is 11.7. The van der Waals surface area contributed by atoms with Gasteiger partial charge < -0.3 is 10.1 Å². The molecule has 0 spiro atoms. The molecule has 1 N–H and O–H groups in total. The van der Waals surface area contributed by atoms with Gasteiger partial charge in [-0.15, -0.1) is 5.10 Å². The van der Waals surface area contributed by atoms with Crippen LogP contribution < -0.4 is 10.1 Å². The molecule has 0 aromatic heterocycles. The summed E-state index contributed by atoms with van der Waals surface area (Å²) in [5.74, 6) is 0.662. The maximum atomic E-state index is 12.8. The maximum absolute atomic E-state index is 12.8. The number of nitrogens with zero attached hydrogens (tertiary/aromatic N) is 2. The van der Waals surface area contributed by atoms with Crippen LogP contribution in [-0.2, 0) is 11.4 Å². The minimum atomic E-state index is -0.287. The summed E-state index contributed by atoms with van der Waals surface area (Å²) in [5.41, 5.74) is 1.88. The Morgan fingerprint density at radius 1 is 1.17 bits per heavy atom. The number of rotatable bonds is 5. The highest BCUT2D eigenvalue weighted by Crippen LogP contribution is 2.14. The minimum Gasteiger partial charge on any atom is -0.489 e. The van der Waals surface area contributed by atoms with Crippen LogP contribution in [0.1, 0.15) is 11.1 Å². The lowest BCUT2D eigenvalue weighted by Gasteiger charge is -2.06. The summed E-state index contributed by atoms with van der Waals surface area (Å²) in [6.07, 6.45) is 1.61. The predicted molar refractivity (Wildman–Crippen MR) is 92.8 cm³/mol. The van der Waals surface area contributed by atoms with E-state index in [1.165, 1.54) is 23.9 Å². The zero-order chi connectivity index (χ0) is 16.8. The number of thioether (sulfide) groups is 1. The fourth-order valence-electron chi connectivity index (χ4n) is 1.92. The Kier molecular flexibility index (Phi) is 5.22. The summed E-state index contributed by atoms with van der Waals surface area (Å²) < 4.78 is 18.4. The zero-order valence-corrected chi connectivity index (χ0v) is 13.4. The molecule has 0 saturated carbocycles. The molecule has 7 heteroatoms. The van der Waals surface area contributed by atoms with Gasteiger partial charge in [-0.25, -0.2) is 4.39 Å². The van der Waals surface area contributed by atoms with Crippen molar-refractivity contribution < 1.29 is 13.9 Å². The number of hydrogen-bond acceptors (Lipinski definition) is 5. The first kappa shape index (κ1) is 16.2. The number of amides is 1. The quantitative estimate of drug-likeness (QED) is 0.671. The lowest BCUT2D eigenvalue weighted by molar-refractivity contribution is -0.116. The van der Waals surface area contributed by atoms with Crippen molar-refractivity contribution in [3.8, 4) is 5.75 Å². The number of carbonyl (C=O) groups excluding carboxylic acids is 1. The van der Waals surface area contributed by atoms with Gasteiger partial charge in [0.25, 0.3) is 0 Å². The number of ether oxygens (including phenoxy) is 1. The van der Waals surface area contributed by atoms with E-state index in [4.69, 9.17) is 4.74 Å². The molecule has 2 aromatic carbocycles. The summed E-state index contributed by atoms with van der Waals surface area (Å²) in [6.45, 7) is 0.397. The van der Waals surface area contributed by atoms with Crippen molar-refractivity contribution in [2.45, 2.75) is 6.61 Å². The molecule has 122 valence electrons. The van der Waals surface area contributed by atoms with Crippen LogP contribution in [0.4, 0.5) is 4.39 Å². The highest BCUT2D eigenvalue weighted by Gasteiger charge is 2.15. The molecule has 0 unspecified atom stereocenters. The van der Waals surface area contributed by atoms with Crippen LogP contribution in [0.3, 0.4) is 0 Å². The Bertz CT molecular complexity index is 773. The normalized spacial score (nSPS) is 15.9. The maximum Gasteiger partial charge on any atom is 0.236 e. The van der Waals surface area contributed by atoms with Gasteiger partial charge in [0.05, 0.1) is 12.0 Å². The highest BCUT2D eigenvalue weighted by molar-refractivity contribution is 8.15. The van der Waals surface area contributed by atoms with Crippen molar-refractivity contribution in [3.63, 3.8) is 0 Å². The predicted octanol–water partition coefficient (Wildman–Crippen LogP) is 2.96.